The van der Waals surface area contributed by atoms with E-state index in [1.807, 2.05) is 0 Å². The molecular formula is C14H24N2O. The first-order valence-electron chi connectivity index (χ1n) is 7.33. The van der Waals surface area contributed by atoms with E-state index in [-0.39, 0.29) is 5.91 Å². The Labute approximate surface area is 104 Å². The number of amides is 1. The molecular weight excluding hydrogens is 212 g/mol. The summed E-state index contributed by atoms with van der Waals surface area (Å²) in [5.74, 6) is 3.17. The van der Waals surface area contributed by atoms with Gasteiger partial charge in [0, 0.05) is 19.0 Å². The van der Waals surface area contributed by atoms with Crippen LogP contribution in [0.3, 0.4) is 0 Å². The SMILES string of the molecule is O=C1CC(NCC(C2CC2)C2CC2)CCCN1. The van der Waals surface area contributed by atoms with Crippen molar-refractivity contribution in [1.29, 1.82) is 0 Å². The molecule has 1 atom stereocenters. The lowest BCUT2D eigenvalue weighted by Gasteiger charge is -2.21. The maximum atomic E-state index is 11.5. The zero-order valence-electron chi connectivity index (χ0n) is 10.6. The van der Waals surface area contributed by atoms with Crippen LogP contribution in [-0.4, -0.2) is 25.0 Å². The van der Waals surface area contributed by atoms with E-state index < -0.39 is 0 Å². The molecule has 2 saturated carbocycles. The fraction of sp³-hybridized carbons (Fsp3) is 0.929. The van der Waals surface area contributed by atoms with Crippen molar-refractivity contribution in [3.05, 3.63) is 0 Å². The van der Waals surface area contributed by atoms with Crippen LogP contribution in [0.15, 0.2) is 0 Å². The molecule has 2 aliphatic carbocycles. The van der Waals surface area contributed by atoms with Crippen molar-refractivity contribution in [3.63, 3.8) is 0 Å². The molecule has 96 valence electrons. The molecule has 17 heavy (non-hydrogen) atoms. The van der Waals surface area contributed by atoms with Crippen LogP contribution in [0.25, 0.3) is 0 Å². The molecule has 0 aromatic carbocycles. The highest BCUT2D eigenvalue weighted by molar-refractivity contribution is 5.76. The fourth-order valence-electron chi connectivity index (χ4n) is 3.22. The van der Waals surface area contributed by atoms with Crippen molar-refractivity contribution >= 4 is 5.91 Å². The van der Waals surface area contributed by atoms with Gasteiger partial charge in [0.1, 0.15) is 0 Å². The highest BCUT2D eigenvalue weighted by Gasteiger charge is 2.41. The van der Waals surface area contributed by atoms with Crippen LogP contribution in [0, 0.1) is 17.8 Å². The summed E-state index contributed by atoms with van der Waals surface area (Å²) in [6, 6.07) is 0.428. The van der Waals surface area contributed by atoms with Gasteiger partial charge in [-0.15, -0.1) is 0 Å². The fourth-order valence-corrected chi connectivity index (χ4v) is 3.22. The zero-order chi connectivity index (χ0) is 11.7. The van der Waals surface area contributed by atoms with Crippen LogP contribution in [0.5, 0.6) is 0 Å². The lowest BCUT2D eigenvalue weighted by atomic mass is 9.97. The van der Waals surface area contributed by atoms with E-state index in [1.165, 1.54) is 25.7 Å². The summed E-state index contributed by atoms with van der Waals surface area (Å²) < 4.78 is 0. The minimum Gasteiger partial charge on any atom is -0.356 e. The number of nitrogens with one attached hydrogen (secondary N) is 2. The number of hydrogen-bond acceptors (Lipinski definition) is 2. The first-order valence-corrected chi connectivity index (χ1v) is 7.33. The molecule has 1 aliphatic heterocycles. The predicted octanol–water partition coefficient (Wildman–Crippen LogP) is 1.68. The maximum Gasteiger partial charge on any atom is 0.221 e. The lowest BCUT2D eigenvalue weighted by molar-refractivity contribution is -0.121. The average Bonchev–Trinajstić information content (AvgIpc) is 3.17. The summed E-state index contributed by atoms with van der Waals surface area (Å²) in [5, 5.41) is 6.63. The van der Waals surface area contributed by atoms with Gasteiger partial charge in [-0.25, -0.2) is 0 Å². The van der Waals surface area contributed by atoms with E-state index in [2.05, 4.69) is 10.6 Å². The molecule has 1 amide bonds. The van der Waals surface area contributed by atoms with Crippen LogP contribution < -0.4 is 10.6 Å². The minimum atomic E-state index is 0.231. The molecule has 0 aromatic rings. The molecule has 3 aliphatic rings. The highest BCUT2D eigenvalue weighted by Crippen LogP contribution is 2.48. The molecule has 3 nitrogen and oxygen atoms in total. The van der Waals surface area contributed by atoms with E-state index in [4.69, 9.17) is 0 Å². The Balaban J connectivity index is 1.46. The van der Waals surface area contributed by atoms with Gasteiger partial charge < -0.3 is 10.6 Å². The van der Waals surface area contributed by atoms with E-state index in [0.717, 1.165) is 43.7 Å². The molecule has 2 N–H and O–H groups in total. The van der Waals surface area contributed by atoms with Crippen molar-refractivity contribution < 1.29 is 4.79 Å². The van der Waals surface area contributed by atoms with Crippen molar-refractivity contribution in [2.24, 2.45) is 17.8 Å². The molecule has 0 radical (unpaired) electrons. The third-order valence-corrected chi connectivity index (χ3v) is 4.58. The second kappa shape index (κ2) is 4.97. The monoisotopic (exact) mass is 236 g/mol. The third-order valence-electron chi connectivity index (χ3n) is 4.58. The number of hydrogen-bond donors (Lipinski definition) is 2. The van der Waals surface area contributed by atoms with Gasteiger partial charge in [-0.2, -0.15) is 0 Å². The van der Waals surface area contributed by atoms with Crippen molar-refractivity contribution in [1.82, 2.24) is 10.6 Å². The van der Waals surface area contributed by atoms with Crippen LogP contribution in [0.4, 0.5) is 0 Å². The van der Waals surface area contributed by atoms with Gasteiger partial charge in [0.25, 0.3) is 0 Å². The summed E-state index contributed by atoms with van der Waals surface area (Å²) in [4.78, 5) is 11.5. The summed E-state index contributed by atoms with van der Waals surface area (Å²) in [7, 11) is 0. The first-order chi connectivity index (χ1) is 8.33. The molecule has 3 heteroatoms. The zero-order valence-corrected chi connectivity index (χ0v) is 10.6. The highest BCUT2D eigenvalue weighted by atomic mass is 16.1. The molecule has 1 saturated heterocycles. The maximum absolute atomic E-state index is 11.5. The Morgan fingerprint density at radius 1 is 1.18 bits per heavy atom. The summed E-state index contributed by atoms with van der Waals surface area (Å²) in [6.07, 6.45) is 8.77. The largest absolute Gasteiger partial charge is 0.356 e. The molecule has 1 unspecified atom stereocenters. The summed E-state index contributed by atoms with van der Waals surface area (Å²) in [6.45, 7) is 2.03. The Morgan fingerprint density at radius 3 is 2.53 bits per heavy atom. The van der Waals surface area contributed by atoms with Crippen LogP contribution in [0.2, 0.25) is 0 Å². The van der Waals surface area contributed by atoms with E-state index in [9.17, 15) is 4.79 Å². The van der Waals surface area contributed by atoms with Gasteiger partial charge in [0.15, 0.2) is 0 Å². The second-order valence-electron chi connectivity index (χ2n) is 6.14. The molecule has 1 heterocycles. The minimum absolute atomic E-state index is 0.231. The van der Waals surface area contributed by atoms with Gasteiger partial charge in [-0.05, 0) is 62.8 Å². The van der Waals surface area contributed by atoms with Gasteiger partial charge in [0.05, 0.1) is 0 Å². The second-order valence-corrected chi connectivity index (χ2v) is 6.14. The third kappa shape index (κ3) is 3.21. The van der Waals surface area contributed by atoms with E-state index >= 15 is 0 Å². The number of rotatable bonds is 5. The Bertz CT molecular complexity index is 272. The van der Waals surface area contributed by atoms with Gasteiger partial charge in [0.2, 0.25) is 5.91 Å². The average molecular weight is 236 g/mol. The predicted molar refractivity (Wildman–Crippen MR) is 67.6 cm³/mol. The molecule has 0 bridgehead atoms. The summed E-state index contributed by atoms with van der Waals surface area (Å²) in [5.41, 5.74) is 0. The standard InChI is InChI=1S/C14H24N2O/c17-14-8-12(2-1-7-15-14)16-9-13(10-3-4-10)11-5-6-11/h10-13,16H,1-9H2,(H,15,17). The van der Waals surface area contributed by atoms with Crippen molar-refractivity contribution in [2.75, 3.05) is 13.1 Å². The topological polar surface area (TPSA) is 41.1 Å². The Hall–Kier alpha value is -0.570. The lowest BCUT2D eigenvalue weighted by Crippen LogP contribution is -2.36. The van der Waals surface area contributed by atoms with Crippen LogP contribution in [-0.2, 0) is 4.79 Å². The van der Waals surface area contributed by atoms with Gasteiger partial charge in [-0.1, -0.05) is 0 Å². The molecule has 3 fully saturated rings. The quantitative estimate of drug-likeness (QED) is 0.762. The van der Waals surface area contributed by atoms with Crippen LogP contribution in [0.1, 0.15) is 44.9 Å². The molecule has 0 aromatic heterocycles. The summed E-state index contributed by atoms with van der Waals surface area (Å²) >= 11 is 0. The normalized spacial score (nSPS) is 30.2. The number of carbonyl (C=O) groups is 1. The Kier molecular flexibility index (Phi) is 3.37. The first kappa shape index (κ1) is 11.5. The number of carbonyl (C=O) groups excluding carboxylic acids is 1. The van der Waals surface area contributed by atoms with Gasteiger partial charge in [-0.3, -0.25) is 4.79 Å². The van der Waals surface area contributed by atoms with Crippen molar-refractivity contribution in [3.8, 4) is 0 Å². The van der Waals surface area contributed by atoms with E-state index in [0.29, 0.717) is 12.5 Å². The molecule has 3 rings (SSSR count). The van der Waals surface area contributed by atoms with Crippen LogP contribution >= 0.6 is 0 Å². The molecule has 0 spiro atoms. The van der Waals surface area contributed by atoms with E-state index in [1.54, 1.807) is 0 Å². The van der Waals surface area contributed by atoms with Gasteiger partial charge >= 0.3 is 0 Å². The smallest absolute Gasteiger partial charge is 0.221 e. The van der Waals surface area contributed by atoms with Crippen molar-refractivity contribution in [2.45, 2.75) is 51.0 Å². The Morgan fingerprint density at radius 2 is 1.88 bits per heavy atom.